The molecule has 0 amide bonds. The average molecular weight is 258 g/mol. The Morgan fingerprint density at radius 2 is 2.00 bits per heavy atom. The van der Waals surface area contributed by atoms with Crippen molar-refractivity contribution in [3.05, 3.63) is 24.3 Å². The number of hydrogen-bond donors (Lipinski definition) is 2. The number of benzene rings is 1. The van der Waals surface area contributed by atoms with Gasteiger partial charge in [0.1, 0.15) is 5.75 Å². The molecule has 0 bridgehead atoms. The van der Waals surface area contributed by atoms with Gasteiger partial charge in [0.2, 0.25) is 0 Å². The number of hydrogen-bond acceptors (Lipinski definition) is 3. The van der Waals surface area contributed by atoms with E-state index in [1.807, 2.05) is 31.2 Å². The number of nitrogens with one attached hydrogen (secondary N) is 1. The van der Waals surface area contributed by atoms with Gasteiger partial charge in [0.05, 0.1) is 18.1 Å². The summed E-state index contributed by atoms with van der Waals surface area (Å²) in [6.07, 6.45) is 0.696. The number of anilines is 1. The second-order valence-corrected chi connectivity index (χ2v) is 4.36. The SMILES string of the molecule is CCC(C)Oc1ccc(NCC(O)CCl)cc1. The minimum atomic E-state index is -0.521. The lowest BCUT2D eigenvalue weighted by Gasteiger charge is -2.14. The predicted molar refractivity (Wildman–Crippen MR) is 72.0 cm³/mol. The van der Waals surface area contributed by atoms with Gasteiger partial charge in [-0.05, 0) is 37.6 Å². The van der Waals surface area contributed by atoms with E-state index in [1.54, 1.807) is 0 Å². The minimum Gasteiger partial charge on any atom is -0.491 e. The van der Waals surface area contributed by atoms with Gasteiger partial charge in [-0.25, -0.2) is 0 Å². The summed E-state index contributed by atoms with van der Waals surface area (Å²) in [7, 11) is 0. The quantitative estimate of drug-likeness (QED) is 0.738. The molecule has 0 fully saturated rings. The molecule has 2 atom stereocenters. The lowest BCUT2D eigenvalue weighted by atomic mass is 10.2. The first-order valence-electron chi connectivity index (χ1n) is 5.90. The van der Waals surface area contributed by atoms with Crippen LogP contribution < -0.4 is 10.1 Å². The van der Waals surface area contributed by atoms with Crippen LogP contribution in [0.3, 0.4) is 0 Å². The van der Waals surface area contributed by atoms with Gasteiger partial charge in [-0.15, -0.1) is 11.6 Å². The summed E-state index contributed by atoms with van der Waals surface area (Å²) in [4.78, 5) is 0. The Morgan fingerprint density at radius 3 is 2.53 bits per heavy atom. The molecule has 1 aromatic rings. The van der Waals surface area contributed by atoms with E-state index < -0.39 is 6.10 Å². The van der Waals surface area contributed by atoms with Gasteiger partial charge in [0.15, 0.2) is 0 Å². The molecule has 4 heteroatoms. The van der Waals surface area contributed by atoms with Crippen molar-refractivity contribution in [1.82, 2.24) is 0 Å². The van der Waals surface area contributed by atoms with Crippen molar-refractivity contribution in [2.45, 2.75) is 32.5 Å². The maximum atomic E-state index is 9.31. The third kappa shape index (κ3) is 5.29. The molecular formula is C13H20ClNO2. The zero-order chi connectivity index (χ0) is 12.7. The first-order valence-corrected chi connectivity index (χ1v) is 6.43. The van der Waals surface area contributed by atoms with E-state index >= 15 is 0 Å². The Kier molecular flexibility index (Phi) is 6.16. The van der Waals surface area contributed by atoms with Crippen molar-refractivity contribution in [1.29, 1.82) is 0 Å². The summed E-state index contributed by atoms with van der Waals surface area (Å²) in [6.45, 7) is 4.59. The van der Waals surface area contributed by atoms with Crippen LogP contribution in [-0.4, -0.2) is 29.7 Å². The summed E-state index contributed by atoms with van der Waals surface area (Å²) in [6, 6.07) is 7.69. The Balaban J connectivity index is 2.44. The third-order valence-electron chi connectivity index (χ3n) is 2.49. The molecule has 17 heavy (non-hydrogen) atoms. The van der Waals surface area contributed by atoms with Crippen LogP contribution in [0.1, 0.15) is 20.3 Å². The van der Waals surface area contributed by atoms with Gasteiger partial charge >= 0.3 is 0 Å². The molecule has 0 radical (unpaired) electrons. The number of alkyl halides is 1. The summed E-state index contributed by atoms with van der Waals surface area (Å²) in [5, 5.41) is 12.4. The molecule has 2 N–H and O–H groups in total. The molecule has 96 valence electrons. The molecule has 3 nitrogen and oxygen atoms in total. The van der Waals surface area contributed by atoms with Gasteiger partial charge in [0.25, 0.3) is 0 Å². The fourth-order valence-electron chi connectivity index (χ4n) is 1.26. The molecule has 0 saturated carbocycles. The summed E-state index contributed by atoms with van der Waals surface area (Å²) in [5.41, 5.74) is 0.950. The van der Waals surface area contributed by atoms with E-state index in [1.165, 1.54) is 0 Å². The van der Waals surface area contributed by atoms with Gasteiger partial charge in [-0.2, -0.15) is 0 Å². The number of halogens is 1. The van der Waals surface area contributed by atoms with Crippen LogP contribution >= 0.6 is 11.6 Å². The zero-order valence-electron chi connectivity index (χ0n) is 10.3. The fourth-order valence-corrected chi connectivity index (χ4v) is 1.37. The Morgan fingerprint density at radius 1 is 1.35 bits per heavy atom. The van der Waals surface area contributed by atoms with Gasteiger partial charge in [-0.1, -0.05) is 6.92 Å². The smallest absolute Gasteiger partial charge is 0.119 e. The Labute approximate surface area is 108 Å². The van der Waals surface area contributed by atoms with Gasteiger partial charge in [-0.3, -0.25) is 0 Å². The summed E-state index contributed by atoms with van der Waals surface area (Å²) >= 11 is 5.51. The van der Waals surface area contributed by atoms with E-state index in [0.717, 1.165) is 17.9 Å². The second-order valence-electron chi connectivity index (χ2n) is 4.05. The number of ether oxygens (including phenoxy) is 1. The number of aliphatic hydroxyl groups is 1. The molecule has 0 aliphatic rings. The van der Waals surface area contributed by atoms with Crippen LogP contribution in [0.25, 0.3) is 0 Å². The van der Waals surface area contributed by atoms with Crippen LogP contribution in [-0.2, 0) is 0 Å². The molecule has 0 heterocycles. The zero-order valence-corrected chi connectivity index (χ0v) is 11.1. The minimum absolute atomic E-state index is 0.229. The molecule has 0 aliphatic carbocycles. The highest BCUT2D eigenvalue weighted by molar-refractivity contribution is 6.18. The maximum Gasteiger partial charge on any atom is 0.119 e. The topological polar surface area (TPSA) is 41.5 Å². The van der Waals surface area contributed by atoms with Crippen LogP contribution in [0.4, 0.5) is 5.69 Å². The molecule has 0 spiro atoms. The summed E-state index contributed by atoms with van der Waals surface area (Å²) < 4.78 is 5.67. The van der Waals surface area contributed by atoms with Crippen LogP contribution in [0.2, 0.25) is 0 Å². The van der Waals surface area contributed by atoms with Gasteiger partial charge < -0.3 is 15.2 Å². The molecule has 1 rings (SSSR count). The molecular weight excluding hydrogens is 238 g/mol. The molecule has 0 aromatic heterocycles. The highest BCUT2D eigenvalue weighted by atomic mass is 35.5. The van der Waals surface area contributed by atoms with Crippen molar-refractivity contribution in [2.75, 3.05) is 17.7 Å². The molecule has 1 aromatic carbocycles. The fraction of sp³-hybridized carbons (Fsp3) is 0.538. The molecule has 2 unspecified atom stereocenters. The Bertz CT molecular complexity index is 316. The number of rotatable bonds is 7. The lowest BCUT2D eigenvalue weighted by molar-refractivity contribution is 0.211. The first kappa shape index (κ1) is 14.1. The van der Waals surface area contributed by atoms with E-state index in [4.69, 9.17) is 16.3 Å². The number of aliphatic hydroxyl groups excluding tert-OH is 1. The third-order valence-corrected chi connectivity index (χ3v) is 2.84. The average Bonchev–Trinajstić information content (AvgIpc) is 2.37. The lowest BCUT2D eigenvalue weighted by Crippen LogP contribution is -2.20. The van der Waals surface area contributed by atoms with E-state index in [-0.39, 0.29) is 12.0 Å². The van der Waals surface area contributed by atoms with Crippen molar-refractivity contribution in [3.8, 4) is 5.75 Å². The van der Waals surface area contributed by atoms with E-state index in [9.17, 15) is 5.11 Å². The monoisotopic (exact) mass is 257 g/mol. The van der Waals surface area contributed by atoms with E-state index in [0.29, 0.717) is 6.54 Å². The van der Waals surface area contributed by atoms with Crippen molar-refractivity contribution < 1.29 is 9.84 Å². The van der Waals surface area contributed by atoms with Crippen LogP contribution in [0.5, 0.6) is 5.75 Å². The predicted octanol–water partition coefficient (Wildman–Crippen LogP) is 2.88. The maximum absolute atomic E-state index is 9.31. The Hall–Kier alpha value is -0.930. The molecule has 0 aliphatic heterocycles. The van der Waals surface area contributed by atoms with Crippen molar-refractivity contribution in [2.24, 2.45) is 0 Å². The highest BCUT2D eigenvalue weighted by Gasteiger charge is 2.03. The van der Waals surface area contributed by atoms with Crippen molar-refractivity contribution >= 4 is 17.3 Å². The van der Waals surface area contributed by atoms with Crippen LogP contribution in [0.15, 0.2) is 24.3 Å². The normalized spacial score (nSPS) is 14.1. The highest BCUT2D eigenvalue weighted by Crippen LogP contribution is 2.17. The first-order chi connectivity index (χ1) is 8.15. The summed E-state index contributed by atoms with van der Waals surface area (Å²) in [5.74, 6) is 1.10. The standard InChI is InChI=1S/C13H20ClNO2/c1-3-10(2)17-13-6-4-11(5-7-13)15-9-12(16)8-14/h4-7,10,12,15-16H,3,8-9H2,1-2H3. The largest absolute Gasteiger partial charge is 0.491 e. The molecule has 0 saturated heterocycles. The van der Waals surface area contributed by atoms with Crippen molar-refractivity contribution in [3.63, 3.8) is 0 Å². The van der Waals surface area contributed by atoms with E-state index in [2.05, 4.69) is 12.2 Å². The van der Waals surface area contributed by atoms with Crippen LogP contribution in [0, 0.1) is 0 Å². The second kappa shape index (κ2) is 7.41. The van der Waals surface area contributed by atoms with Gasteiger partial charge in [0, 0.05) is 12.2 Å².